The topological polar surface area (TPSA) is 148 Å². The van der Waals surface area contributed by atoms with Gasteiger partial charge in [0.25, 0.3) is 0 Å². The maximum atomic E-state index is 11.5. The molecule has 0 aliphatic heterocycles. The number of aliphatic hydroxyl groups is 1. The van der Waals surface area contributed by atoms with Crippen LogP contribution >= 0.6 is 0 Å². The highest BCUT2D eigenvalue weighted by molar-refractivity contribution is 5.83. The van der Waals surface area contributed by atoms with Gasteiger partial charge < -0.3 is 15.5 Å². The van der Waals surface area contributed by atoms with Crippen LogP contribution in [-0.4, -0.2) is 48.9 Å². The second-order valence-corrected chi connectivity index (χ2v) is 3.78. The number of hydrogen-bond acceptors (Lipinski definition) is 6. The van der Waals surface area contributed by atoms with Crippen LogP contribution in [0, 0.1) is 10.1 Å². The monoisotopic (exact) mass is 272 g/mol. The Labute approximate surface area is 106 Å². The molecule has 10 heteroatoms. The summed E-state index contributed by atoms with van der Waals surface area (Å²) in [5.41, 5.74) is -0.280. The van der Waals surface area contributed by atoms with Gasteiger partial charge in [0.2, 0.25) is 5.91 Å². The summed E-state index contributed by atoms with van der Waals surface area (Å²) in [4.78, 5) is 32.0. The Kier molecular flexibility index (Phi) is 4.53. The van der Waals surface area contributed by atoms with Crippen LogP contribution in [0.3, 0.4) is 0 Å². The molecule has 0 aliphatic rings. The fraction of sp³-hybridized carbons (Fsp3) is 0.444. The average molecular weight is 272 g/mol. The first-order chi connectivity index (χ1) is 8.81. The molecule has 10 nitrogen and oxygen atoms in total. The summed E-state index contributed by atoms with van der Waals surface area (Å²) >= 11 is 0. The molecule has 2 atom stereocenters. The number of nitrogens with zero attached hydrogens (tertiary/aromatic N) is 3. The lowest BCUT2D eigenvalue weighted by Gasteiger charge is -2.16. The average Bonchev–Trinajstić information content (AvgIpc) is 2.73. The summed E-state index contributed by atoms with van der Waals surface area (Å²) < 4.78 is 0.994. The molecule has 0 spiro atoms. The number of aliphatic hydroxyl groups excluding tert-OH is 1. The summed E-state index contributed by atoms with van der Waals surface area (Å²) in [7, 11) is 0. The maximum absolute atomic E-state index is 11.5. The molecule has 0 fully saturated rings. The first kappa shape index (κ1) is 14.6. The minimum absolute atomic E-state index is 0.280. The van der Waals surface area contributed by atoms with E-state index in [9.17, 15) is 19.7 Å². The second kappa shape index (κ2) is 5.91. The van der Waals surface area contributed by atoms with Crippen molar-refractivity contribution in [2.24, 2.45) is 0 Å². The summed E-state index contributed by atoms with van der Waals surface area (Å²) in [6, 6.07) is -1.45. The first-order valence-corrected chi connectivity index (χ1v) is 5.18. The van der Waals surface area contributed by atoms with E-state index in [1.54, 1.807) is 0 Å². The lowest BCUT2D eigenvalue weighted by Crippen LogP contribution is -2.48. The van der Waals surface area contributed by atoms with Crippen LogP contribution in [0.5, 0.6) is 0 Å². The van der Waals surface area contributed by atoms with E-state index >= 15 is 0 Å². The minimum atomic E-state index is -1.45. The van der Waals surface area contributed by atoms with Gasteiger partial charge in [-0.05, 0) is 6.92 Å². The van der Waals surface area contributed by atoms with Crippen molar-refractivity contribution in [3.63, 3.8) is 0 Å². The number of carboxylic acid groups (broad SMARTS) is 1. The molecule has 1 heterocycles. The van der Waals surface area contributed by atoms with E-state index in [4.69, 9.17) is 10.2 Å². The summed E-state index contributed by atoms with van der Waals surface area (Å²) in [5, 5.41) is 34.0. The predicted octanol–water partition coefficient (Wildman–Crippen LogP) is -1.26. The quantitative estimate of drug-likeness (QED) is 0.432. The van der Waals surface area contributed by atoms with Crippen molar-refractivity contribution in [1.29, 1.82) is 0 Å². The van der Waals surface area contributed by atoms with Gasteiger partial charge in [-0.25, -0.2) is 4.79 Å². The van der Waals surface area contributed by atoms with Crippen LogP contribution in [0.4, 0.5) is 5.69 Å². The standard InChI is InChI=1S/C9H12N4O6/c1-5(14)8(9(16)17)11-7(15)4-12-3-6(2-10-12)13(18)19/h2-3,5,8,14H,4H2,1H3,(H,11,15)(H,16,17)/t5-,8+/m1/s1. The van der Waals surface area contributed by atoms with E-state index < -0.39 is 28.9 Å². The Morgan fingerprint density at radius 1 is 1.63 bits per heavy atom. The fourth-order valence-electron chi connectivity index (χ4n) is 1.29. The SMILES string of the molecule is C[C@@H](O)[C@H](NC(=O)Cn1cc([N+](=O)[O-])cn1)C(=O)O. The van der Waals surface area contributed by atoms with E-state index in [-0.39, 0.29) is 12.2 Å². The molecule has 104 valence electrons. The molecule has 0 aromatic carbocycles. The highest BCUT2D eigenvalue weighted by Gasteiger charge is 2.25. The van der Waals surface area contributed by atoms with E-state index in [0.29, 0.717) is 0 Å². The van der Waals surface area contributed by atoms with Crippen molar-refractivity contribution in [2.45, 2.75) is 25.6 Å². The van der Waals surface area contributed by atoms with Crippen LogP contribution < -0.4 is 5.32 Å². The summed E-state index contributed by atoms with van der Waals surface area (Å²) in [6.07, 6.45) is 0.738. The molecular weight excluding hydrogens is 260 g/mol. The Morgan fingerprint density at radius 3 is 2.68 bits per heavy atom. The van der Waals surface area contributed by atoms with Gasteiger partial charge in [0.1, 0.15) is 18.9 Å². The van der Waals surface area contributed by atoms with Crippen molar-refractivity contribution in [3.8, 4) is 0 Å². The molecule has 3 N–H and O–H groups in total. The number of nitrogens with one attached hydrogen (secondary N) is 1. The van der Waals surface area contributed by atoms with E-state index in [1.807, 2.05) is 0 Å². The molecule has 0 saturated carbocycles. The van der Waals surface area contributed by atoms with E-state index in [2.05, 4.69) is 10.4 Å². The molecule has 1 rings (SSSR count). The molecular formula is C9H12N4O6. The van der Waals surface area contributed by atoms with Crippen molar-refractivity contribution < 1.29 is 24.7 Å². The van der Waals surface area contributed by atoms with Crippen molar-refractivity contribution >= 4 is 17.6 Å². The summed E-state index contributed by atoms with van der Waals surface area (Å²) in [6.45, 7) is 0.835. The predicted molar refractivity (Wildman–Crippen MR) is 60.1 cm³/mol. The van der Waals surface area contributed by atoms with Gasteiger partial charge in [-0.1, -0.05) is 0 Å². The lowest BCUT2D eigenvalue weighted by molar-refractivity contribution is -0.385. The molecule has 1 amide bonds. The third-order valence-corrected chi connectivity index (χ3v) is 2.20. The van der Waals surface area contributed by atoms with Gasteiger partial charge in [-0.3, -0.25) is 19.6 Å². The number of rotatable bonds is 6. The van der Waals surface area contributed by atoms with Gasteiger partial charge in [0, 0.05) is 0 Å². The fourth-order valence-corrected chi connectivity index (χ4v) is 1.29. The molecule has 0 aliphatic carbocycles. The molecule has 0 bridgehead atoms. The number of carboxylic acids is 1. The first-order valence-electron chi connectivity index (χ1n) is 5.18. The molecule has 0 radical (unpaired) electrons. The number of aromatic nitrogens is 2. The summed E-state index contributed by atoms with van der Waals surface area (Å²) in [5.74, 6) is -2.11. The van der Waals surface area contributed by atoms with Crippen LogP contribution in [-0.2, 0) is 16.1 Å². The third kappa shape index (κ3) is 4.03. The van der Waals surface area contributed by atoms with E-state index in [0.717, 1.165) is 17.1 Å². The molecule has 19 heavy (non-hydrogen) atoms. The van der Waals surface area contributed by atoms with Gasteiger partial charge in [-0.15, -0.1) is 0 Å². The Balaban J connectivity index is 2.63. The zero-order valence-corrected chi connectivity index (χ0v) is 9.89. The van der Waals surface area contributed by atoms with Crippen molar-refractivity contribution in [1.82, 2.24) is 15.1 Å². The number of nitro groups is 1. The third-order valence-electron chi connectivity index (χ3n) is 2.20. The smallest absolute Gasteiger partial charge is 0.328 e. The Hall–Kier alpha value is -2.49. The highest BCUT2D eigenvalue weighted by atomic mass is 16.6. The molecule has 1 aromatic rings. The lowest BCUT2D eigenvalue weighted by atomic mass is 10.2. The normalized spacial score (nSPS) is 13.6. The number of carbonyl (C=O) groups excluding carboxylic acids is 1. The van der Waals surface area contributed by atoms with Gasteiger partial charge >= 0.3 is 11.7 Å². The zero-order valence-electron chi connectivity index (χ0n) is 9.89. The number of hydrogen-bond donors (Lipinski definition) is 3. The van der Waals surface area contributed by atoms with Crippen LogP contribution in [0.25, 0.3) is 0 Å². The molecule has 0 saturated heterocycles. The largest absolute Gasteiger partial charge is 0.480 e. The minimum Gasteiger partial charge on any atom is -0.480 e. The Morgan fingerprint density at radius 2 is 2.26 bits per heavy atom. The number of amides is 1. The van der Waals surface area contributed by atoms with Crippen molar-refractivity contribution in [2.75, 3.05) is 0 Å². The second-order valence-electron chi connectivity index (χ2n) is 3.78. The highest BCUT2D eigenvalue weighted by Crippen LogP contribution is 2.07. The van der Waals surface area contributed by atoms with Crippen molar-refractivity contribution in [3.05, 3.63) is 22.5 Å². The number of carbonyl (C=O) groups is 2. The van der Waals surface area contributed by atoms with Crippen LogP contribution in [0.15, 0.2) is 12.4 Å². The van der Waals surface area contributed by atoms with Crippen LogP contribution in [0.2, 0.25) is 0 Å². The van der Waals surface area contributed by atoms with Gasteiger partial charge in [0.15, 0.2) is 6.04 Å². The molecule has 0 unspecified atom stereocenters. The molecule has 1 aromatic heterocycles. The number of aliphatic carboxylic acids is 1. The maximum Gasteiger partial charge on any atom is 0.328 e. The van der Waals surface area contributed by atoms with E-state index in [1.165, 1.54) is 6.92 Å². The van der Waals surface area contributed by atoms with Gasteiger partial charge in [-0.2, -0.15) is 5.10 Å². The zero-order chi connectivity index (χ0) is 14.6. The Bertz CT molecular complexity index is 497. The van der Waals surface area contributed by atoms with Gasteiger partial charge in [0.05, 0.1) is 11.0 Å². The van der Waals surface area contributed by atoms with Crippen LogP contribution in [0.1, 0.15) is 6.92 Å².